The second-order valence-corrected chi connectivity index (χ2v) is 4.91. The summed E-state index contributed by atoms with van der Waals surface area (Å²) in [6.45, 7) is 6.69. The first-order valence-corrected chi connectivity index (χ1v) is 5.48. The average molecular weight is 201 g/mol. The predicted molar refractivity (Wildman–Crippen MR) is 57.3 cm³/mol. The maximum atomic E-state index is 10.2. The van der Waals surface area contributed by atoms with Crippen molar-refractivity contribution in [1.82, 2.24) is 5.32 Å². The van der Waals surface area contributed by atoms with Crippen molar-refractivity contribution in [1.29, 1.82) is 0 Å². The van der Waals surface area contributed by atoms with Crippen LogP contribution in [0.5, 0.6) is 0 Å². The van der Waals surface area contributed by atoms with E-state index in [1.165, 1.54) is 0 Å². The third-order valence-corrected chi connectivity index (χ3v) is 3.15. The summed E-state index contributed by atoms with van der Waals surface area (Å²) in [5.74, 6) is 0.409. The molecule has 0 amide bonds. The molecule has 84 valence electrons. The lowest BCUT2D eigenvalue weighted by atomic mass is 9.76. The van der Waals surface area contributed by atoms with Crippen molar-refractivity contribution in [2.24, 2.45) is 11.3 Å². The molecular formula is C11H23NO2. The van der Waals surface area contributed by atoms with Gasteiger partial charge in [0, 0.05) is 25.2 Å². The molecule has 0 aliphatic carbocycles. The normalized spacial score (nSPS) is 22.3. The highest BCUT2D eigenvalue weighted by Crippen LogP contribution is 2.30. The highest BCUT2D eigenvalue weighted by Gasteiger charge is 2.34. The summed E-state index contributed by atoms with van der Waals surface area (Å²) in [6, 6.07) is 0. The number of hydrogen-bond acceptors (Lipinski definition) is 3. The van der Waals surface area contributed by atoms with Crippen LogP contribution in [0.25, 0.3) is 0 Å². The number of hydrogen-bond donors (Lipinski definition) is 2. The van der Waals surface area contributed by atoms with E-state index < -0.39 is 0 Å². The van der Waals surface area contributed by atoms with Crippen LogP contribution in [-0.2, 0) is 4.74 Å². The maximum Gasteiger partial charge on any atom is 0.0633 e. The van der Waals surface area contributed by atoms with Crippen molar-refractivity contribution >= 4 is 0 Å². The van der Waals surface area contributed by atoms with Crippen molar-refractivity contribution in [3.63, 3.8) is 0 Å². The zero-order valence-electron chi connectivity index (χ0n) is 9.55. The Hall–Kier alpha value is -0.120. The second kappa shape index (κ2) is 5.10. The summed E-state index contributed by atoms with van der Waals surface area (Å²) in [5, 5.41) is 13.4. The fourth-order valence-electron chi connectivity index (χ4n) is 2.23. The summed E-state index contributed by atoms with van der Waals surface area (Å²) >= 11 is 0. The van der Waals surface area contributed by atoms with E-state index in [0.717, 1.165) is 32.6 Å². The summed E-state index contributed by atoms with van der Waals surface area (Å²) in [4.78, 5) is 0. The van der Waals surface area contributed by atoms with Crippen LogP contribution in [0.15, 0.2) is 0 Å². The molecule has 0 radical (unpaired) electrons. The van der Waals surface area contributed by atoms with Gasteiger partial charge >= 0.3 is 0 Å². The third kappa shape index (κ3) is 2.94. The summed E-state index contributed by atoms with van der Waals surface area (Å²) in [7, 11) is 1.93. The van der Waals surface area contributed by atoms with E-state index in [1.807, 2.05) is 7.05 Å². The summed E-state index contributed by atoms with van der Waals surface area (Å²) in [6.07, 6.45) is 1.77. The van der Waals surface area contributed by atoms with Gasteiger partial charge in [0.25, 0.3) is 0 Å². The van der Waals surface area contributed by atoms with Gasteiger partial charge in [-0.15, -0.1) is 0 Å². The van der Waals surface area contributed by atoms with Crippen LogP contribution in [0.1, 0.15) is 26.7 Å². The minimum Gasteiger partial charge on any atom is -0.392 e. The lowest BCUT2D eigenvalue weighted by molar-refractivity contribution is -0.0443. The Labute approximate surface area is 86.8 Å². The summed E-state index contributed by atoms with van der Waals surface area (Å²) < 4.78 is 5.30. The van der Waals surface area contributed by atoms with E-state index in [4.69, 9.17) is 4.74 Å². The van der Waals surface area contributed by atoms with Crippen LogP contribution < -0.4 is 5.32 Å². The van der Waals surface area contributed by atoms with Gasteiger partial charge in [0.1, 0.15) is 0 Å². The summed E-state index contributed by atoms with van der Waals surface area (Å²) in [5.41, 5.74) is -0.0449. The molecule has 3 nitrogen and oxygen atoms in total. The smallest absolute Gasteiger partial charge is 0.0633 e. The molecule has 0 aromatic rings. The van der Waals surface area contributed by atoms with Gasteiger partial charge in [-0.25, -0.2) is 0 Å². The molecule has 0 aromatic heterocycles. The molecule has 2 N–H and O–H groups in total. The molecule has 3 heteroatoms. The number of aliphatic hydroxyl groups excluding tert-OH is 1. The van der Waals surface area contributed by atoms with E-state index >= 15 is 0 Å². The van der Waals surface area contributed by atoms with E-state index in [0.29, 0.717) is 5.92 Å². The predicted octanol–water partition coefficient (Wildman–Crippen LogP) is 1.02. The van der Waals surface area contributed by atoms with Gasteiger partial charge in [0.05, 0.1) is 6.10 Å². The largest absolute Gasteiger partial charge is 0.392 e. The monoisotopic (exact) mass is 201 g/mol. The van der Waals surface area contributed by atoms with Crippen molar-refractivity contribution in [3.8, 4) is 0 Å². The molecular weight excluding hydrogens is 178 g/mol. The Morgan fingerprint density at radius 2 is 2.00 bits per heavy atom. The van der Waals surface area contributed by atoms with Crippen LogP contribution >= 0.6 is 0 Å². The maximum absolute atomic E-state index is 10.2. The first kappa shape index (κ1) is 12.0. The highest BCUT2D eigenvalue weighted by molar-refractivity contribution is 4.85. The first-order valence-electron chi connectivity index (χ1n) is 5.48. The Morgan fingerprint density at radius 1 is 1.43 bits per heavy atom. The lowest BCUT2D eigenvalue weighted by Crippen LogP contribution is -2.43. The molecule has 0 aromatic carbocycles. The van der Waals surface area contributed by atoms with Gasteiger partial charge in [0.2, 0.25) is 0 Å². The standard InChI is InChI=1S/C11H23NO2/c1-11(2,8-12-3)10(13)9-4-6-14-7-5-9/h9-10,12-13H,4-8H2,1-3H3. The molecule has 1 unspecified atom stereocenters. The van der Waals surface area contributed by atoms with Crippen LogP contribution in [0.3, 0.4) is 0 Å². The molecule has 0 saturated carbocycles. The molecule has 0 bridgehead atoms. The molecule has 1 atom stereocenters. The zero-order chi connectivity index (χ0) is 10.6. The fourth-order valence-corrected chi connectivity index (χ4v) is 2.23. The molecule has 1 saturated heterocycles. The minimum absolute atomic E-state index is 0.0449. The topological polar surface area (TPSA) is 41.5 Å². The first-order chi connectivity index (χ1) is 6.58. The number of nitrogens with one attached hydrogen (secondary N) is 1. The second-order valence-electron chi connectivity index (χ2n) is 4.91. The average Bonchev–Trinajstić information content (AvgIpc) is 2.18. The minimum atomic E-state index is -0.223. The van der Waals surface area contributed by atoms with Crippen LogP contribution in [-0.4, -0.2) is 38.0 Å². The molecule has 1 rings (SSSR count). The van der Waals surface area contributed by atoms with Crippen molar-refractivity contribution < 1.29 is 9.84 Å². The van der Waals surface area contributed by atoms with Crippen molar-refractivity contribution in [2.75, 3.05) is 26.8 Å². The highest BCUT2D eigenvalue weighted by atomic mass is 16.5. The van der Waals surface area contributed by atoms with Crippen LogP contribution in [0, 0.1) is 11.3 Å². The van der Waals surface area contributed by atoms with Crippen LogP contribution in [0.4, 0.5) is 0 Å². The van der Waals surface area contributed by atoms with Gasteiger partial charge in [-0.3, -0.25) is 0 Å². The Morgan fingerprint density at radius 3 is 2.50 bits per heavy atom. The number of aliphatic hydroxyl groups is 1. The van der Waals surface area contributed by atoms with Gasteiger partial charge in [-0.05, 0) is 25.8 Å². The zero-order valence-corrected chi connectivity index (χ0v) is 9.55. The molecule has 14 heavy (non-hydrogen) atoms. The molecule has 1 aliphatic heterocycles. The van der Waals surface area contributed by atoms with Crippen molar-refractivity contribution in [3.05, 3.63) is 0 Å². The van der Waals surface area contributed by atoms with Gasteiger partial charge in [-0.1, -0.05) is 13.8 Å². The Balaban J connectivity index is 2.48. The molecule has 1 fully saturated rings. The van der Waals surface area contributed by atoms with E-state index in [1.54, 1.807) is 0 Å². The number of ether oxygens (including phenoxy) is 1. The van der Waals surface area contributed by atoms with E-state index in [-0.39, 0.29) is 11.5 Å². The molecule has 1 aliphatic rings. The van der Waals surface area contributed by atoms with Crippen molar-refractivity contribution in [2.45, 2.75) is 32.8 Å². The lowest BCUT2D eigenvalue weighted by Gasteiger charge is -2.37. The molecule has 1 heterocycles. The fraction of sp³-hybridized carbons (Fsp3) is 1.00. The third-order valence-electron chi connectivity index (χ3n) is 3.15. The van der Waals surface area contributed by atoms with Gasteiger partial charge in [-0.2, -0.15) is 0 Å². The van der Waals surface area contributed by atoms with E-state index in [2.05, 4.69) is 19.2 Å². The van der Waals surface area contributed by atoms with Crippen LogP contribution in [0.2, 0.25) is 0 Å². The Kier molecular flexibility index (Phi) is 4.35. The number of rotatable bonds is 4. The molecule has 0 spiro atoms. The van der Waals surface area contributed by atoms with Gasteiger partial charge < -0.3 is 15.2 Å². The quantitative estimate of drug-likeness (QED) is 0.713. The van der Waals surface area contributed by atoms with Gasteiger partial charge in [0.15, 0.2) is 0 Å². The SMILES string of the molecule is CNCC(C)(C)C(O)C1CCOCC1. The van der Waals surface area contributed by atoms with E-state index in [9.17, 15) is 5.11 Å². The Bertz CT molecular complexity index is 165.